The number of anilines is 4. The average Bonchev–Trinajstić information content (AvgIpc) is 3.40. The number of nitrogens with two attached hydrogens (primary N) is 3. The molecule has 0 fully saturated rings. The lowest BCUT2D eigenvalue weighted by Crippen LogP contribution is -2.54. The Morgan fingerprint density at radius 1 is 0.545 bits per heavy atom. The Labute approximate surface area is 464 Å². The van der Waals surface area contributed by atoms with Crippen LogP contribution < -0.4 is 63.9 Å². The summed E-state index contributed by atoms with van der Waals surface area (Å²) >= 11 is 12.1. The fourth-order valence-corrected chi connectivity index (χ4v) is 9.06. The van der Waals surface area contributed by atoms with Gasteiger partial charge in [-0.1, -0.05) is 74.2 Å². The number of ether oxygens (including phenoxy) is 2. The number of carbonyl (C=O) groups excluding carboxylic acids is 4. The molecule has 0 saturated heterocycles. The van der Waals surface area contributed by atoms with Gasteiger partial charge in [0.1, 0.15) is 36.8 Å². The first-order chi connectivity index (χ1) is 36.8. The number of hydrogen-bond donors (Lipinski definition) is 10. The molecule has 6 amide bonds. The van der Waals surface area contributed by atoms with E-state index in [9.17, 15) is 19.2 Å². The van der Waals surface area contributed by atoms with Crippen LogP contribution >= 0.6 is 23.2 Å². The van der Waals surface area contributed by atoms with Crippen molar-refractivity contribution in [2.24, 2.45) is 0 Å². The fraction of sp³-hybridized carbons (Fsp3) is 0.547. The molecule has 2 heterocycles. The van der Waals surface area contributed by atoms with Crippen LogP contribution in [0.5, 0.6) is 11.5 Å². The molecule has 2 atom stereocenters. The Balaban J connectivity index is 0.995. The molecule has 24 heteroatoms. The van der Waals surface area contributed by atoms with Gasteiger partial charge < -0.3 is 72.9 Å². The summed E-state index contributed by atoms with van der Waals surface area (Å²) in [5.41, 5.74) is 19.9. The highest BCUT2D eigenvalue weighted by atomic mass is 35.5. The van der Waals surface area contributed by atoms with E-state index in [1.807, 2.05) is 24.3 Å². The summed E-state index contributed by atoms with van der Waals surface area (Å²) in [5, 5.41) is 20.1. The van der Waals surface area contributed by atoms with Gasteiger partial charge in [-0.25, -0.2) is 29.5 Å². The van der Waals surface area contributed by atoms with E-state index in [0.29, 0.717) is 71.1 Å². The number of nitrogens with zero attached hydrogens (tertiary/aromatic N) is 6. The van der Waals surface area contributed by atoms with Crippen molar-refractivity contribution in [3.8, 4) is 11.5 Å². The van der Waals surface area contributed by atoms with Gasteiger partial charge in [0, 0.05) is 45.8 Å². The van der Waals surface area contributed by atoms with Crippen LogP contribution in [0.4, 0.5) is 32.9 Å². The standard InChI is InChI=1S/C53H82Cl2N16O6/c1-8-14-38(34-64-50(72)42-46(56)68-48(58)44(54)66-42)70(4,5)30-12-16-36-18-22-40(23-19-36)76-32-28-62-52(74)60-26-10-11-27-61-53(75)63-29-33-77-41-24-20-37(21-25-41)17-13-31-71(6,7)39(15-9-2)35-65-51(73)43-47(57)69-49(59-3)45(55)67-43/h18-25,38-39H,8-17,26-35H2,1-7H3,(H11-2,56,57,58,59,60,61,62,63,64,65,68,69,72,73,74,75)/p+2. The Bertz CT molecular complexity index is 2490. The van der Waals surface area contributed by atoms with Crippen LogP contribution in [-0.4, -0.2) is 166 Å². The number of amides is 6. The van der Waals surface area contributed by atoms with Gasteiger partial charge in [-0.05, 0) is 61.1 Å². The first-order valence-corrected chi connectivity index (χ1v) is 27.3. The molecule has 2 unspecified atom stereocenters. The Kier molecular flexibility index (Phi) is 26.3. The normalized spacial score (nSPS) is 12.2. The zero-order chi connectivity index (χ0) is 56.4. The fourth-order valence-electron chi connectivity index (χ4n) is 8.71. The number of nitrogen functional groups attached to an aromatic ring is 3. The van der Waals surface area contributed by atoms with Gasteiger partial charge in [-0.15, -0.1) is 0 Å². The summed E-state index contributed by atoms with van der Waals surface area (Å²) in [6, 6.07) is 15.8. The molecular formula is C53H84Cl2N16O6+2. The predicted molar refractivity (Wildman–Crippen MR) is 305 cm³/mol. The number of aromatic nitrogens is 4. The number of urea groups is 2. The predicted octanol–water partition coefficient (Wildman–Crippen LogP) is 5.41. The van der Waals surface area contributed by atoms with E-state index < -0.39 is 11.8 Å². The highest BCUT2D eigenvalue weighted by Crippen LogP contribution is 2.23. The topological polar surface area (TPSA) is 301 Å². The maximum atomic E-state index is 13.0. The quantitative estimate of drug-likeness (QED) is 0.0207. The van der Waals surface area contributed by atoms with Crippen LogP contribution in [0.25, 0.3) is 0 Å². The van der Waals surface area contributed by atoms with E-state index in [1.165, 1.54) is 11.1 Å². The summed E-state index contributed by atoms with van der Waals surface area (Å²) in [7, 11) is 10.4. The second kappa shape index (κ2) is 32.2. The van der Waals surface area contributed by atoms with Crippen molar-refractivity contribution in [3.63, 3.8) is 0 Å². The number of benzene rings is 2. The van der Waals surface area contributed by atoms with E-state index in [2.05, 4.69) is 123 Å². The van der Waals surface area contributed by atoms with Crippen molar-refractivity contribution in [2.75, 3.05) is 123 Å². The maximum absolute atomic E-state index is 13.0. The number of quaternary nitrogens is 2. The number of aryl methyl sites for hydroxylation is 2. The minimum absolute atomic E-state index is 0.0127. The molecule has 0 aliphatic carbocycles. The number of rotatable bonds is 34. The summed E-state index contributed by atoms with van der Waals surface area (Å²) in [5.74, 6) is 0.858. The van der Waals surface area contributed by atoms with Crippen LogP contribution in [0.2, 0.25) is 10.3 Å². The van der Waals surface area contributed by atoms with E-state index in [1.54, 1.807) is 7.05 Å². The first-order valence-electron chi connectivity index (χ1n) is 26.5. The van der Waals surface area contributed by atoms with Crippen LogP contribution in [0.15, 0.2) is 48.5 Å². The van der Waals surface area contributed by atoms with E-state index in [4.69, 9.17) is 49.9 Å². The maximum Gasteiger partial charge on any atom is 0.314 e. The molecule has 0 aliphatic rings. The molecule has 4 aromatic rings. The molecule has 0 radical (unpaired) electrons. The number of halogens is 2. The summed E-state index contributed by atoms with van der Waals surface area (Å²) in [6.45, 7) is 9.26. The number of likely N-dealkylation sites (N-methyl/N-ethyl adjacent to an activating group) is 2. The van der Waals surface area contributed by atoms with Gasteiger partial charge in [0.2, 0.25) is 0 Å². The molecule has 2 aromatic carbocycles. The Hall–Kier alpha value is -6.62. The lowest BCUT2D eigenvalue weighted by atomic mass is 10.1. The molecule has 0 bridgehead atoms. The van der Waals surface area contributed by atoms with E-state index in [0.717, 1.165) is 84.9 Å². The molecule has 0 saturated carbocycles. The molecule has 0 spiro atoms. The highest BCUT2D eigenvalue weighted by Gasteiger charge is 2.30. The number of unbranched alkanes of at least 4 members (excludes halogenated alkanes) is 1. The number of nitrogens with one attached hydrogen (secondary N) is 7. The van der Waals surface area contributed by atoms with E-state index in [-0.39, 0.29) is 63.3 Å². The van der Waals surface area contributed by atoms with Crippen molar-refractivity contribution in [2.45, 2.75) is 90.1 Å². The lowest BCUT2D eigenvalue weighted by Gasteiger charge is -2.38. The van der Waals surface area contributed by atoms with Gasteiger partial charge in [-0.3, -0.25) is 9.59 Å². The van der Waals surface area contributed by atoms with Gasteiger partial charge >= 0.3 is 12.1 Å². The summed E-state index contributed by atoms with van der Waals surface area (Å²) in [6.07, 6.45) is 8.89. The Morgan fingerprint density at radius 3 is 1.36 bits per heavy atom. The SMILES string of the molecule is CCCC(CNC(=O)c1nc(Cl)c(N)nc1N)[N+](C)(C)CCCc1ccc(OCCNC(=O)NCCCCNC(=O)NCCOc2ccc(CCC[N+](C)(C)C(CCC)CNC(=O)c3nc(Cl)c(NC)nc3N)cc2)cc1. The highest BCUT2D eigenvalue weighted by molar-refractivity contribution is 6.32. The van der Waals surface area contributed by atoms with Gasteiger partial charge in [0.15, 0.2) is 45.0 Å². The lowest BCUT2D eigenvalue weighted by molar-refractivity contribution is -0.914. The second-order valence-corrected chi connectivity index (χ2v) is 20.8. The van der Waals surface area contributed by atoms with Crippen LogP contribution in [-0.2, 0) is 12.8 Å². The smallest absolute Gasteiger partial charge is 0.314 e. The molecular weight excluding hydrogens is 1030 g/mol. The summed E-state index contributed by atoms with van der Waals surface area (Å²) < 4.78 is 13.2. The average molecular weight is 1110 g/mol. The zero-order valence-electron chi connectivity index (χ0n) is 46.0. The molecule has 22 nitrogen and oxygen atoms in total. The van der Waals surface area contributed by atoms with Gasteiger partial charge in [0.25, 0.3) is 11.8 Å². The molecule has 0 aliphatic heterocycles. The number of hydrogen-bond acceptors (Lipinski definition) is 14. The molecule has 2 aromatic heterocycles. The Morgan fingerprint density at radius 2 is 0.948 bits per heavy atom. The van der Waals surface area contributed by atoms with Gasteiger partial charge in [0.05, 0.1) is 67.5 Å². The van der Waals surface area contributed by atoms with Crippen molar-refractivity contribution in [1.82, 2.24) is 51.8 Å². The van der Waals surface area contributed by atoms with Crippen molar-refractivity contribution >= 4 is 70.3 Å². The van der Waals surface area contributed by atoms with Gasteiger partial charge in [-0.2, -0.15) is 0 Å². The van der Waals surface area contributed by atoms with Crippen molar-refractivity contribution in [1.29, 1.82) is 0 Å². The molecule has 4 rings (SSSR count). The third kappa shape index (κ3) is 21.7. The monoisotopic (exact) mass is 1110 g/mol. The minimum Gasteiger partial charge on any atom is -0.492 e. The second-order valence-electron chi connectivity index (χ2n) is 20.1. The van der Waals surface area contributed by atoms with Crippen LogP contribution in [0.3, 0.4) is 0 Å². The molecule has 424 valence electrons. The van der Waals surface area contributed by atoms with Crippen molar-refractivity contribution < 1.29 is 37.6 Å². The third-order valence-corrected chi connectivity index (χ3v) is 13.9. The third-order valence-electron chi connectivity index (χ3n) is 13.4. The van der Waals surface area contributed by atoms with Crippen LogP contribution in [0.1, 0.15) is 97.3 Å². The zero-order valence-corrected chi connectivity index (χ0v) is 47.5. The van der Waals surface area contributed by atoms with Crippen molar-refractivity contribution in [3.05, 3.63) is 81.4 Å². The molecule has 13 N–H and O–H groups in total. The van der Waals surface area contributed by atoms with E-state index >= 15 is 0 Å². The first kappa shape index (κ1) is 62.9. The van der Waals surface area contributed by atoms with Crippen LogP contribution in [0, 0.1) is 0 Å². The molecule has 77 heavy (non-hydrogen) atoms. The summed E-state index contributed by atoms with van der Waals surface area (Å²) in [4.78, 5) is 66.6. The number of carbonyl (C=O) groups is 4. The largest absolute Gasteiger partial charge is 0.492 e. The minimum atomic E-state index is -0.437.